The first kappa shape index (κ1) is 70.4. The van der Waals surface area contributed by atoms with Crippen LogP contribution in [0.2, 0.25) is 0 Å². The molecule has 0 unspecified atom stereocenters. The van der Waals surface area contributed by atoms with E-state index in [0.29, 0.717) is 46.9 Å². The van der Waals surface area contributed by atoms with E-state index >= 15 is 14.4 Å². The Hall–Kier alpha value is -9.07. The van der Waals surface area contributed by atoms with Crippen molar-refractivity contribution < 1.29 is 63.2 Å². The zero-order valence-corrected chi connectivity index (χ0v) is 53.4. The lowest BCUT2D eigenvalue weighted by Crippen LogP contribution is -2.62. The summed E-state index contributed by atoms with van der Waals surface area (Å²) >= 11 is 0. The first-order valence-electron chi connectivity index (χ1n) is 30.6. The summed E-state index contributed by atoms with van der Waals surface area (Å²) in [5, 5.41) is 56.8. The molecule has 5 aromatic carbocycles. The van der Waals surface area contributed by atoms with Gasteiger partial charge < -0.3 is 72.9 Å². The minimum absolute atomic E-state index is 0.0270. The molecule has 1 saturated heterocycles. The molecule has 13 N–H and O–H groups in total. The van der Waals surface area contributed by atoms with Gasteiger partial charge in [-0.05, 0) is 93.0 Å². The van der Waals surface area contributed by atoms with Crippen molar-refractivity contribution >= 4 is 86.0 Å². The Labute approximate surface area is 542 Å². The highest BCUT2D eigenvalue weighted by Gasteiger charge is 2.37. The zero-order chi connectivity index (χ0) is 66.2. The Morgan fingerprint density at radius 2 is 1.22 bits per heavy atom. The van der Waals surface area contributed by atoms with Crippen LogP contribution in [-0.4, -0.2) is 152 Å². The number of H-pyrrole nitrogens is 1. The largest absolute Gasteiger partial charge is 0.508 e. The van der Waals surface area contributed by atoms with Gasteiger partial charge in [0.1, 0.15) is 53.6 Å². The van der Waals surface area contributed by atoms with Crippen molar-refractivity contribution in [1.29, 1.82) is 0 Å². The number of aromatic amines is 1. The molecule has 0 saturated carbocycles. The molecule has 8 atom stereocenters. The fourth-order valence-corrected chi connectivity index (χ4v) is 12.6. The van der Waals surface area contributed by atoms with Gasteiger partial charge in [0.2, 0.25) is 35.4 Å². The average molecular weight is 1300 g/mol. The highest BCUT2D eigenvalue weighted by molar-refractivity contribution is 8.76. The molecule has 0 aliphatic carbocycles. The lowest BCUT2D eigenvalue weighted by Gasteiger charge is -2.29. The fraction of sp³-hybridized carbons (Fsp3) is 0.388. The summed E-state index contributed by atoms with van der Waals surface area (Å²) in [4.78, 5) is 131. The van der Waals surface area contributed by atoms with Gasteiger partial charge >= 0.3 is 18.1 Å². The van der Waals surface area contributed by atoms with Gasteiger partial charge in [0.05, 0.1) is 6.10 Å². The number of unbranched alkanes of at least 4 members (excludes halogenated alkanes) is 2. The van der Waals surface area contributed by atoms with E-state index in [1.165, 1.54) is 31.2 Å². The molecule has 1 aromatic heterocycles. The minimum Gasteiger partial charge on any atom is -0.508 e. The van der Waals surface area contributed by atoms with Crippen LogP contribution in [-0.2, 0) is 57.6 Å². The second-order valence-electron chi connectivity index (χ2n) is 23.5. The van der Waals surface area contributed by atoms with Crippen LogP contribution in [0.3, 0.4) is 0 Å². The van der Waals surface area contributed by atoms with Gasteiger partial charge in [0, 0.05) is 66.9 Å². The molecule has 23 nitrogen and oxygen atoms in total. The van der Waals surface area contributed by atoms with E-state index in [9.17, 15) is 44.1 Å². The van der Waals surface area contributed by atoms with E-state index in [4.69, 9.17) is 4.74 Å². The summed E-state index contributed by atoms with van der Waals surface area (Å²) in [7, 11) is 1.87. The number of carboxylic acids is 1. The molecule has 7 rings (SSSR count). The predicted molar refractivity (Wildman–Crippen MR) is 352 cm³/mol. The van der Waals surface area contributed by atoms with Gasteiger partial charge in [-0.1, -0.05) is 156 Å². The quantitative estimate of drug-likeness (QED) is 0.0289. The van der Waals surface area contributed by atoms with Crippen molar-refractivity contribution in [1.82, 2.24) is 52.8 Å². The first-order valence-corrected chi connectivity index (χ1v) is 33.0. The molecule has 1 aliphatic rings. The molecular formula is C67H82N10O13S2. The predicted octanol–water partition coefficient (Wildman–Crippen LogP) is 5.65. The second-order valence-corrected chi connectivity index (χ2v) is 26.0. The van der Waals surface area contributed by atoms with Crippen LogP contribution in [0.25, 0.3) is 10.9 Å². The number of rotatable bonds is 22. The van der Waals surface area contributed by atoms with Crippen LogP contribution < -0.4 is 47.9 Å². The SMILES string of the molecule is C[C@@H](O)[C@@H]1NC(=O)[C@H](CCCCCNC(=O)OC(C)(C)C)NC(=O)[C@@H](Cc2c[nH]c3ccccc23)NC(=O)[C@H](Cc2ccc(O)cc2)NC(=O)[C@@H](NC(=O)[C@@H](Cc2ccccc2)NC(=O)NCCC(c2ccccc2)c2ccccc2)CSSC[C@@H](C(=O)O)NC1=O. The number of aliphatic hydroxyl groups excluding tert-OH is 1. The van der Waals surface area contributed by atoms with E-state index < -0.39 is 108 Å². The zero-order valence-electron chi connectivity index (χ0n) is 51.8. The van der Waals surface area contributed by atoms with Crippen molar-refractivity contribution in [2.24, 2.45) is 0 Å². The minimum atomic E-state index is -1.74. The molecule has 25 heteroatoms. The number of amides is 9. The van der Waals surface area contributed by atoms with Crippen LogP contribution in [0.4, 0.5) is 9.59 Å². The number of aliphatic carboxylic acids is 1. The maximum absolute atomic E-state index is 15.1. The number of carbonyl (C=O) groups excluding carboxylic acids is 8. The molecule has 92 heavy (non-hydrogen) atoms. The molecule has 1 fully saturated rings. The van der Waals surface area contributed by atoms with Crippen LogP contribution in [0.15, 0.2) is 146 Å². The summed E-state index contributed by atoms with van der Waals surface area (Å²) < 4.78 is 5.33. The average Bonchev–Trinajstić information content (AvgIpc) is 1.66. The third-order valence-electron chi connectivity index (χ3n) is 15.1. The number of ether oxygens (including phenoxy) is 1. The molecule has 9 amide bonds. The smallest absolute Gasteiger partial charge is 0.407 e. The summed E-state index contributed by atoms with van der Waals surface area (Å²) in [6.45, 7) is 6.83. The number of phenols is 1. The number of nitrogens with one attached hydrogen (secondary N) is 10. The highest BCUT2D eigenvalue weighted by Crippen LogP contribution is 2.28. The molecule has 0 radical (unpaired) electrons. The summed E-state index contributed by atoms with van der Waals surface area (Å²) in [6, 6.07) is 30.4. The van der Waals surface area contributed by atoms with Gasteiger partial charge in [-0.15, -0.1) is 0 Å². The lowest BCUT2D eigenvalue weighted by molar-refractivity contribution is -0.142. The van der Waals surface area contributed by atoms with E-state index in [0.717, 1.165) is 32.7 Å². The van der Waals surface area contributed by atoms with Gasteiger partial charge in [-0.25, -0.2) is 14.4 Å². The molecule has 1 aliphatic heterocycles. The summed E-state index contributed by atoms with van der Waals surface area (Å²) in [5.41, 5.74) is 3.79. The van der Waals surface area contributed by atoms with E-state index in [2.05, 4.69) is 52.8 Å². The fourth-order valence-electron chi connectivity index (χ4n) is 10.3. The highest BCUT2D eigenvalue weighted by atomic mass is 33.1. The third-order valence-corrected chi connectivity index (χ3v) is 17.5. The molecule has 490 valence electrons. The van der Waals surface area contributed by atoms with Crippen molar-refractivity contribution in [2.45, 2.75) is 139 Å². The van der Waals surface area contributed by atoms with Crippen LogP contribution in [0, 0.1) is 0 Å². The number of hydrogen-bond acceptors (Lipinski definition) is 14. The second kappa shape index (κ2) is 34.9. The Morgan fingerprint density at radius 1 is 0.630 bits per heavy atom. The number of phenolic OH excluding ortho intramolecular Hbond substituents is 1. The first-order chi connectivity index (χ1) is 44.1. The monoisotopic (exact) mass is 1300 g/mol. The lowest BCUT2D eigenvalue weighted by atomic mass is 9.88. The molecule has 2 heterocycles. The summed E-state index contributed by atoms with van der Waals surface area (Å²) in [6.07, 6.45) is 0.618. The Morgan fingerprint density at radius 3 is 1.86 bits per heavy atom. The van der Waals surface area contributed by atoms with Gasteiger partial charge in [0.15, 0.2) is 0 Å². The molecular weight excluding hydrogens is 1220 g/mol. The number of aromatic nitrogens is 1. The molecule has 0 bridgehead atoms. The van der Waals surface area contributed by atoms with Crippen molar-refractivity contribution in [3.63, 3.8) is 0 Å². The number of benzene rings is 5. The van der Waals surface area contributed by atoms with Crippen LogP contribution >= 0.6 is 21.6 Å². The maximum atomic E-state index is 15.1. The maximum Gasteiger partial charge on any atom is 0.407 e. The number of aromatic hydroxyl groups is 1. The third kappa shape index (κ3) is 22.4. The Balaban J connectivity index is 1.20. The number of alkyl carbamates (subject to hydrolysis) is 1. The number of carboxylic acid groups (broad SMARTS) is 1. The Bertz CT molecular complexity index is 3390. The number of urea groups is 1. The number of fused-ring (bicyclic) bond motifs is 1. The number of carbonyl (C=O) groups is 9. The number of aliphatic hydroxyl groups is 1. The van der Waals surface area contributed by atoms with E-state index in [-0.39, 0.29) is 68.4 Å². The molecule has 0 spiro atoms. The van der Waals surface area contributed by atoms with Crippen molar-refractivity contribution in [2.75, 3.05) is 24.6 Å². The van der Waals surface area contributed by atoms with E-state index in [1.807, 2.05) is 78.9 Å². The topological polar surface area (TPSA) is 348 Å². The van der Waals surface area contributed by atoms with Crippen LogP contribution in [0.5, 0.6) is 5.75 Å². The summed E-state index contributed by atoms with van der Waals surface area (Å²) in [5.74, 6) is -7.66. The standard InChI is InChI=1S/C67H82N10O13S2/c1-41(78)57-63(85)75-56(64(86)87)40-92-91-39-55(74-60(82)53(35-42-19-9-5-10-20-42)76-65(88)68-34-32-48(44-21-11-6-12-22-44)45-23-13-7-14-24-45)62(84)72-52(36-43-28-30-47(79)31-29-43)59(81)73-54(37-46-38-70-50-26-17-16-25-49(46)50)61(83)71-51(58(80)77-57)27-15-8-18-33-69-66(89)90-67(2,3)4/h5-7,9-14,16-17,19-26,28-31,38,41,48,51-57,70,78-79H,8,15,18,27,32-37,39-40H2,1-4H3,(H,69,89)(H,71,83)(H,72,84)(H,73,81)(H,74,82)(H,75,85)(H,77,80)(H,86,87)(H2,68,76,88)/t41-,51+,52+,53-,54-,55+,56+,57+/m1/s1. The number of para-hydroxylation sites is 1. The van der Waals surface area contributed by atoms with Crippen LogP contribution in [0.1, 0.15) is 93.5 Å². The molecule has 6 aromatic rings. The number of hydrogen-bond donors (Lipinski definition) is 13. The van der Waals surface area contributed by atoms with Crippen molar-refractivity contribution in [3.05, 3.63) is 174 Å². The Kier molecular flexibility index (Phi) is 26.7. The van der Waals surface area contributed by atoms with Gasteiger partial charge in [0.25, 0.3) is 0 Å². The normalized spacial score (nSPS) is 19.6. The van der Waals surface area contributed by atoms with Gasteiger partial charge in [-0.3, -0.25) is 28.8 Å². The van der Waals surface area contributed by atoms with Crippen molar-refractivity contribution in [3.8, 4) is 5.75 Å². The van der Waals surface area contributed by atoms with E-state index in [1.54, 1.807) is 63.4 Å². The van der Waals surface area contributed by atoms with Gasteiger partial charge in [-0.2, -0.15) is 0 Å².